The highest BCUT2D eigenvalue weighted by Crippen LogP contribution is 2.17. The van der Waals surface area contributed by atoms with E-state index in [1.54, 1.807) is 12.5 Å². The maximum absolute atomic E-state index is 12.2. The summed E-state index contributed by atoms with van der Waals surface area (Å²) in [6.45, 7) is 0.451. The predicted molar refractivity (Wildman–Crippen MR) is 101 cm³/mol. The molecule has 2 aromatic carbocycles. The molecule has 0 fully saturated rings. The van der Waals surface area contributed by atoms with Crippen LogP contribution in [0.2, 0.25) is 5.02 Å². The fraction of sp³-hybridized carbons (Fsp3) is 0.158. The van der Waals surface area contributed by atoms with E-state index in [-0.39, 0.29) is 5.91 Å². The third-order valence-electron chi connectivity index (χ3n) is 3.67. The van der Waals surface area contributed by atoms with Crippen LogP contribution in [-0.4, -0.2) is 18.0 Å². The molecule has 3 aromatic rings. The molecule has 0 atom stereocenters. The van der Waals surface area contributed by atoms with Crippen molar-refractivity contribution in [1.82, 2.24) is 10.3 Å². The number of rotatable bonds is 6. The molecule has 128 valence electrons. The SMILES string of the molecule is COc1ccc(CNC(=O)c2csc(Cc3ccc(Cl)cc3)n2)cc1. The van der Waals surface area contributed by atoms with Gasteiger partial charge in [-0.2, -0.15) is 0 Å². The highest BCUT2D eigenvalue weighted by Gasteiger charge is 2.11. The highest BCUT2D eigenvalue weighted by molar-refractivity contribution is 7.09. The third kappa shape index (κ3) is 4.81. The Morgan fingerprint density at radius 3 is 2.48 bits per heavy atom. The smallest absolute Gasteiger partial charge is 0.271 e. The molecule has 25 heavy (non-hydrogen) atoms. The van der Waals surface area contributed by atoms with Gasteiger partial charge in [0.05, 0.1) is 12.1 Å². The maximum atomic E-state index is 12.2. The van der Waals surface area contributed by atoms with Crippen LogP contribution in [0.1, 0.15) is 26.6 Å². The summed E-state index contributed by atoms with van der Waals surface area (Å²) < 4.78 is 5.12. The number of hydrogen-bond acceptors (Lipinski definition) is 4. The van der Waals surface area contributed by atoms with Crippen molar-refractivity contribution in [2.45, 2.75) is 13.0 Å². The largest absolute Gasteiger partial charge is 0.497 e. The van der Waals surface area contributed by atoms with Crippen molar-refractivity contribution in [2.75, 3.05) is 7.11 Å². The van der Waals surface area contributed by atoms with Crippen molar-refractivity contribution in [3.8, 4) is 5.75 Å². The molecule has 1 amide bonds. The number of hydrogen-bond donors (Lipinski definition) is 1. The van der Waals surface area contributed by atoms with Crippen molar-refractivity contribution in [3.63, 3.8) is 0 Å². The topological polar surface area (TPSA) is 51.2 Å². The fourth-order valence-corrected chi connectivity index (χ4v) is 3.22. The number of ether oxygens (including phenoxy) is 1. The van der Waals surface area contributed by atoms with Crippen LogP contribution in [0, 0.1) is 0 Å². The van der Waals surface area contributed by atoms with Gasteiger partial charge in [-0.25, -0.2) is 4.98 Å². The minimum Gasteiger partial charge on any atom is -0.497 e. The Hall–Kier alpha value is -2.37. The first kappa shape index (κ1) is 17.5. The summed E-state index contributed by atoms with van der Waals surface area (Å²) >= 11 is 7.37. The molecule has 0 aliphatic heterocycles. The molecule has 1 N–H and O–H groups in total. The second-order valence-electron chi connectivity index (χ2n) is 5.46. The van der Waals surface area contributed by atoms with Crippen molar-refractivity contribution < 1.29 is 9.53 Å². The number of methoxy groups -OCH3 is 1. The van der Waals surface area contributed by atoms with Crippen molar-refractivity contribution in [1.29, 1.82) is 0 Å². The van der Waals surface area contributed by atoms with E-state index in [1.165, 1.54) is 11.3 Å². The van der Waals surface area contributed by atoms with Gasteiger partial charge in [0.25, 0.3) is 5.91 Å². The van der Waals surface area contributed by atoms with E-state index in [0.29, 0.717) is 23.7 Å². The van der Waals surface area contributed by atoms with Gasteiger partial charge < -0.3 is 10.1 Å². The fourth-order valence-electron chi connectivity index (χ4n) is 2.29. The summed E-state index contributed by atoms with van der Waals surface area (Å²) in [7, 11) is 1.63. The lowest BCUT2D eigenvalue weighted by molar-refractivity contribution is 0.0946. The zero-order chi connectivity index (χ0) is 17.6. The lowest BCUT2D eigenvalue weighted by atomic mass is 10.2. The van der Waals surface area contributed by atoms with Crippen LogP contribution in [0.15, 0.2) is 53.9 Å². The molecule has 0 bridgehead atoms. The standard InChI is InChI=1S/C19H17ClN2O2S/c1-24-16-8-4-14(5-9-16)11-21-19(23)17-12-25-18(22-17)10-13-2-6-15(20)7-3-13/h2-9,12H,10-11H2,1H3,(H,21,23). The molecule has 6 heteroatoms. The van der Waals surface area contributed by atoms with Gasteiger partial charge in [0, 0.05) is 23.4 Å². The van der Waals surface area contributed by atoms with Crippen molar-refractivity contribution in [2.24, 2.45) is 0 Å². The van der Waals surface area contributed by atoms with Gasteiger partial charge in [-0.1, -0.05) is 35.9 Å². The molecule has 0 spiro atoms. The Bertz CT molecular complexity index is 845. The van der Waals surface area contributed by atoms with E-state index in [4.69, 9.17) is 16.3 Å². The van der Waals surface area contributed by atoms with Gasteiger partial charge in [-0.3, -0.25) is 4.79 Å². The predicted octanol–water partition coefficient (Wildman–Crippen LogP) is 4.33. The molecule has 0 saturated carbocycles. The second-order valence-corrected chi connectivity index (χ2v) is 6.84. The first-order valence-corrected chi connectivity index (χ1v) is 9.00. The van der Waals surface area contributed by atoms with Crippen molar-refractivity contribution >= 4 is 28.8 Å². The molecule has 0 saturated heterocycles. The Morgan fingerprint density at radius 2 is 1.80 bits per heavy atom. The summed E-state index contributed by atoms with van der Waals surface area (Å²) in [6, 6.07) is 15.2. The third-order valence-corrected chi connectivity index (χ3v) is 4.77. The Labute approximate surface area is 155 Å². The molecule has 0 unspecified atom stereocenters. The van der Waals surface area contributed by atoms with Gasteiger partial charge in [-0.05, 0) is 35.4 Å². The number of benzene rings is 2. The average molecular weight is 373 g/mol. The van der Waals surface area contributed by atoms with Gasteiger partial charge in [0.1, 0.15) is 11.4 Å². The van der Waals surface area contributed by atoms with Gasteiger partial charge in [0.2, 0.25) is 0 Å². The van der Waals surface area contributed by atoms with Gasteiger partial charge in [-0.15, -0.1) is 11.3 Å². The number of nitrogens with one attached hydrogen (secondary N) is 1. The number of carbonyl (C=O) groups is 1. The van der Waals surface area contributed by atoms with Crippen LogP contribution in [-0.2, 0) is 13.0 Å². The molecule has 1 aromatic heterocycles. The van der Waals surface area contributed by atoms with E-state index in [9.17, 15) is 4.79 Å². The molecule has 0 radical (unpaired) electrons. The van der Waals surface area contributed by atoms with E-state index < -0.39 is 0 Å². The molecule has 1 heterocycles. The second kappa shape index (κ2) is 8.14. The maximum Gasteiger partial charge on any atom is 0.271 e. The van der Waals surface area contributed by atoms with Crippen LogP contribution >= 0.6 is 22.9 Å². The van der Waals surface area contributed by atoms with Gasteiger partial charge in [0.15, 0.2) is 0 Å². The molecular weight excluding hydrogens is 356 g/mol. The number of carbonyl (C=O) groups excluding carboxylic acids is 1. The summed E-state index contributed by atoms with van der Waals surface area (Å²) in [6.07, 6.45) is 0.688. The van der Waals surface area contributed by atoms with Crippen LogP contribution in [0.5, 0.6) is 5.75 Å². The molecule has 4 nitrogen and oxygen atoms in total. The number of aromatic nitrogens is 1. The molecular formula is C19H17ClN2O2S. The number of nitrogens with zero attached hydrogens (tertiary/aromatic N) is 1. The summed E-state index contributed by atoms with van der Waals surface area (Å²) in [5.74, 6) is 0.621. The van der Waals surface area contributed by atoms with Crippen molar-refractivity contribution in [3.05, 3.63) is 80.8 Å². The number of thiazole rings is 1. The highest BCUT2D eigenvalue weighted by atomic mass is 35.5. The molecule has 0 aliphatic carbocycles. The van der Waals surface area contributed by atoms with E-state index in [2.05, 4.69) is 10.3 Å². The summed E-state index contributed by atoms with van der Waals surface area (Å²) in [4.78, 5) is 16.7. The minimum absolute atomic E-state index is 0.172. The van der Waals surface area contributed by atoms with Crippen LogP contribution in [0.4, 0.5) is 0 Å². The Balaban J connectivity index is 1.57. The monoisotopic (exact) mass is 372 g/mol. The molecule has 3 rings (SSSR count). The first-order valence-electron chi connectivity index (χ1n) is 7.74. The van der Waals surface area contributed by atoms with Gasteiger partial charge >= 0.3 is 0 Å². The van der Waals surface area contributed by atoms with E-state index in [1.807, 2.05) is 48.5 Å². The van der Waals surface area contributed by atoms with Crippen LogP contribution < -0.4 is 10.1 Å². The molecule has 0 aliphatic rings. The Morgan fingerprint density at radius 1 is 1.12 bits per heavy atom. The quantitative estimate of drug-likeness (QED) is 0.700. The van der Waals surface area contributed by atoms with Crippen LogP contribution in [0.25, 0.3) is 0 Å². The average Bonchev–Trinajstić information content (AvgIpc) is 3.10. The van der Waals surface area contributed by atoms with E-state index in [0.717, 1.165) is 21.9 Å². The van der Waals surface area contributed by atoms with E-state index >= 15 is 0 Å². The normalized spacial score (nSPS) is 10.5. The zero-order valence-corrected chi connectivity index (χ0v) is 15.2. The number of halogens is 1. The Kier molecular flexibility index (Phi) is 5.68. The first-order chi connectivity index (χ1) is 12.1. The number of amides is 1. The lowest BCUT2D eigenvalue weighted by Crippen LogP contribution is -2.23. The summed E-state index contributed by atoms with van der Waals surface area (Å²) in [5, 5.41) is 6.28. The van der Waals surface area contributed by atoms with Crippen LogP contribution in [0.3, 0.4) is 0 Å². The zero-order valence-electron chi connectivity index (χ0n) is 13.7. The minimum atomic E-state index is -0.172. The lowest BCUT2D eigenvalue weighted by Gasteiger charge is -2.05. The summed E-state index contributed by atoms with van der Waals surface area (Å²) in [5.41, 5.74) is 2.57.